The number of hydrogen-bond acceptors (Lipinski definition) is 0. The molecule has 0 bridgehead atoms. The first kappa shape index (κ1) is 18.5. The maximum atomic E-state index is 3.82. The molecule has 0 spiro atoms. The molecule has 0 amide bonds. The van der Waals surface area contributed by atoms with Crippen LogP contribution in [-0.2, 0) is 0 Å². The molecule has 111 valence electrons. The third-order valence-corrected chi connectivity index (χ3v) is 3.45. The zero-order chi connectivity index (χ0) is 14.0. The molecule has 0 saturated heterocycles. The Labute approximate surface area is 122 Å². The van der Waals surface area contributed by atoms with Crippen molar-refractivity contribution in [2.75, 3.05) is 0 Å². The molecular formula is C19H35. The number of hydrogen-bond donors (Lipinski definition) is 0. The molecule has 0 rings (SSSR count). The Balaban J connectivity index is 3.07. The second-order valence-electron chi connectivity index (χ2n) is 5.44. The largest absolute Gasteiger partial charge is 0.0882 e. The molecule has 0 aromatic carbocycles. The molecular weight excluding hydrogens is 228 g/mol. The van der Waals surface area contributed by atoms with Gasteiger partial charge in [-0.15, -0.1) is 0 Å². The molecule has 0 aromatic rings. The van der Waals surface area contributed by atoms with Gasteiger partial charge in [0.05, 0.1) is 0 Å². The minimum absolute atomic E-state index is 1.01. The van der Waals surface area contributed by atoms with Crippen molar-refractivity contribution >= 4 is 0 Å². The van der Waals surface area contributed by atoms with Crippen LogP contribution in [0.5, 0.6) is 0 Å². The SMILES string of the molecule is [CH2]CCC=CCC=CCCCCCCCCCCC. The van der Waals surface area contributed by atoms with Crippen LogP contribution in [0.25, 0.3) is 0 Å². The monoisotopic (exact) mass is 263 g/mol. The summed E-state index contributed by atoms with van der Waals surface area (Å²) in [6.07, 6.45) is 26.4. The fourth-order valence-corrected chi connectivity index (χ4v) is 2.20. The zero-order valence-electron chi connectivity index (χ0n) is 13.2. The van der Waals surface area contributed by atoms with Crippen molar-refractivity contribution in [3.8, 4) is 0 Å². The van der Waals surface area contributed by atoms with E-state index in [1.54, 1.807) is 0 Å². The van der Waals surface area contributed by atoms with Gasteiger partial charge >= 0.3 is 0 Å². The van der Waals surface area contributed by atoms with E-state index in [0.29, 0.717) is 0 Å². The van der Waals surface area contributed by atoms with Gasteiger partial charge in [-0.05, 0) is 32.1 Å². The van der Waals surface area contributed by atoms with Crippen molar-refractivity contribution in [3.63, 3.8) is 0 Å². The van der Waals surface area contributed by atoms with E-state index in [0.717, 1.165) is 19.3 Å². The first-order chi connectivity index (χ1) is 9.41. The van der Waals surface area contributed by atoms with E-state index in [4.69, 9.17) is 0 Å². The quantitative estimate of drug-likeness (QED) is 0.233. The highest BCUT2D eigenvalue weighted by molar-refractivity contribution is 4.92. The smallest absolute Gasteiger partial charge is 0.0169 e. The molecule has 0 fully saturated rings. The molecule has 0 N–H and O–H groups in total. The Morgan fingerprint density at radius 1 is 0.632 bits per heavy atom. The summed E-state index contributed by atoms with van der Waals surface area (Å²) in [5, 5.41) is 0. The van der Waals surface area contributed by atoms with Crippen LogP contribution in [0.3, 0.4) is 0 Å². The molecule has 0 aliphatic heterocycles. The van der Waals surface area contributed by atoms with Gasteiger partial charge in [-0.2, -0.15) is 0 Å². The standard InChI is InChI=1S/C19H35/c1-3-5-7-9-11-13-15-17-19-18-16-14-12-10-8-6-4-2/h7,9,13,15H,1,3-6,8,10-12,14,16-19H2,2H3. The molecule has 0 saturated carbocycles. The summed E-state index contributed by atoms with van der Waals surface area (Å²) in [5.74, 6) is 0. The Kier molecular flexibility index (Phi) is 17.0. The van der Waals surface area contributed by atoms with Crippen LogP contribution in [-0.4, -0.2) is 0 Å². The van der Waals surface area contributed by atoms with E-state index in [1.165, 1.54) is 64.2 Å². The minimum atomic E-state index is 1.01. The Morgan fingerprint density at radius 2 is 1.16 bits per heavy atom. The van der Waals surface area contributed by atoms with Gasteiger partial charge in [-0.3, -0.25) is 0 Å². The highest BCUT2D eigenvalue weighted by Crippen LogP contribution is 2.10. The Morgan fingerprint density at radius 3 is 1.74 bits per heavy atom. The van der Waals surface area contributed by atoms with Crippen LogP contribution >= 0.6 is 0 Å². The molecule has 0 aliphatic rings. The maximum Gasteiger partial charge on any atom is -0.0169 e. The van der Waals surface area contributed by atoms with Crippen LogP contribution in [0.15, 0.2) is 24.3 Å². The van der Waals surface area contributed by atoms with Crippen molar-refractivity contribution in [1.29, 1.82) is 0 Å². The van der Waals surface area contributed by atoms with Gasteiger partial charge in [0.15, 0.2) is 0 Å². The van der Waals surface area contributed by atoms with Crippen molar-refractivity contribution < 1.29 is 0 Å². The van der Waals surface area contributed by atoms with Gasteiger partial charge in [0.25, 0.3) is 0 Å². The molecule has 0 aromatic heterocycles. The second-order valence-corrected chi connectivity index (χ2v) is 5.44. The molecule has 0 heteroatoms. The van der Waals surface area contributed by atoms with Gasteiger partial charge in [0.1, 0.15) is 0 Å². The molecule has 0 nitrogen and oxygen atoms in total. The third kappa shape index (κ3) is 17.5. The van der Waals surface area contributed by atoms with Gasteiger partial charge < -0.3 is 0 Å². The average molecular weight is 263 g/mol. The predicted molar refractivity (Wildman–Crippen MR) is 89.3 cm³/mol. The normalized spacial score (nSPS) is 11.9. The summed E-state index contributed by atoms with van der Waals surface area (Å²) in [5.41, 5.74) is 0. The fourth-order valence-electron chi connectivity index (χ4n) is 2.20. The van der Waals surface area contributed by atoms with E-state index in [1.807, 2.05) is 0 Å². The summed E-state index contributed by atoms with van der Waals surface area (Å²) in [7, 11) is 0. The van der Waals surface area contributed by atoms with E-state index >= 15 is 0 Å². The van der Waals surface area contributed by atoms with Crippen molar-refractivity contribution in [1.82, 2.24) is 0 Å². The average Bonchev–Trinajstić information content (AvgIpc) is 2.43. The summed E-state index contributed by atoms with van der Waals surface area (Å²) < 4.78 is 0. The molecule has 0 unspecified atom stereocenters. The first-order valence-electron chi connectivity index (χ1n) is 8.51. The molecule has 0 heterocycles. The molecule has 0 atom stereocenters. The van der Waals surface area contributed by atoms with Crippen molar-refractivity contribution in [2.24, 2.45) is 0 Å². The van der Waals surface area contributed by atoms with Gasteiger partial charge in [-0.1, -0.05) is 89.5 Å². The first-order valence-corrected chi connectivity index (χ1v) is 8.51. The van der Waals surface area contributed by atoms with Crippen LogP contribution in [0.2, 0.25) is 0 Å². The Hall–Kier alpha value is -0.520. The topological polar surface area (TPSA) is 0 Å². The molecule has 1 radical (unpaired) electrons. The summed E-state index contributed by atoms with van der Waals surface area (Å²) in [6.45, 7) is 6.10. The summed E-state index contributed by atoms with van der Waals surface area (Å²) in [4.78, 5) is 0. The lowest BCUT2D eigenvalue weighted by Crippen LogP contribution is -1.80. The Bertz CT molecular complexity index is 200. The van der Waals surface area contributed by atoms with E-state index in [2.05, 4.69) is 38.2 Å². The van der Waals surface area contributed by atoms with Crippen LogP contribution < -0.4 is 0 Å². The zero-order valence-corrected chi connectivity index (χ0v) is 13.2. The van der Waals surface area contributed by atoms with Gasteiger partial charge in [0.2, 0.25) is 0 Å². The van der Waals surface area contributed by atoms with Crippen molar-refractivity contribution in [3.05, 3.63) is 31.2 Å². The number of allylic oxidation sites excluding steroid dienone is 4. The number of unbranched alkanes of at least 4 members (excludes halogenated alkanes) is 10. The second kappa shape index (κ2) is 17.5. The van der Waals surface area contributed by atoms with E-state index in [-0.39, 0.29) is 0 Å². The highest BCUT2D eigenvalue weighted by Gasteiger charge is 1.90. The van der Waals surface area contributed by atoms with Crippen LogP contribution in [0.4, 0.5) is 0 Å². The number of rotatable bonds is 14. The highest BCUT2D eigenvalue weighted by atomic mass is 14.0. The van der Waals surface area contributed by atoms with Crippen LogP contribution in [0.1, 0.15) is 90.4 Å². The van der Waals surface area contributed by atoms with Gasteiger partial charge in [0, 0.05) is 0 Å². The lowest BCUT2D eigenvalue weighted by atomic mass is 10.1. The van der Waals surface area contributed by atoms with Crippen LogP contribution in [0, 0.1) is 6.92 Å². The molecule has 19 heavy (non-hydrogen) atoms. The molecule has 0 aliphatic carbocycles. The van der Waals surface area contributed by atoms with Crippen molar-refractivity contribution in [2.45, 2.75) is 90.4 Å². The lowest BCUT2D eigenvalue weighted by Gasteiger charge is -2.00. The lowest BCUT2D eigenvalue weighted by molar-refractivity contribution is 0.566. The maximum absolute atomic E-state index is 3.82. The minimum Gasteiger partial charge on any atom is -0.0882 e. The van der Waals surface area contributed by atoms with E-state index in [9.17, 15) is 0 Å². The third-order valence-electron chi connectivity index (χ3n) is 3.45. The summed E-state index contributed by atoms with van der Waals surface area (Å²) in [6, 6.07) is 0. The fraction of sp³-hybridized carbons (Fsp3) is 0.737. The predicted octanol–water partition coefficient (Wildman–Crippen LogP) is 7.02. The summed E-state index contributed by atoms with van der Waals surface area (Å²) >= 11 is 0. The van der Waals surface area contributed by atoms with Gasteiger partial charge in [-0.25, -0.2) is 0 Å². The van der Waals surface area contributed by atoms with E-state index < -0.39 is 0 Å².